The quantitative estimate of drug-likeness (QED) is 0.466. The summed E-state index contributed by atoms with van der Waals surface area (Å²) in [4.78, 5) is 15.6. The second-order valence-electron chi connectivity index (χ2n) is 7.43. The maximum atomic E-state index is 8.85. The Morgan fingerprint density at radius 1 is 1.18 bits per heavy atom. The maximum absolute atomic E-state index is 8.85. The molecule has 3 aromatic rings. The number of rotatable bonds is 4. The molecule has 0 spiro atoms. The Balaban J connectivity index is 0.000000968. The molecule has 2 N–H and O–H groups in total. The Labute approximate surface area is 193 Å². The number of carbonyl (C=O) groups is 1. The predicted molar refractivity (Wildman–Crippen MR) is 129 cm³/mol. The van der Waals surface area contributed by atoms with E-state index >= 15 is 0 Å². The molecule has 0 atom stereocenters. The summed E-state index contributed by atoms with van der Waals surface area (Å²) >= 11 is 0. The Kier molecular flexibility index (Phi) is 8.64. The third-order valence-electron chi connectivity index (χ3n) is 5.32. The van der Waals surface area contributed by atoms with Gasteiger partial charge in [0.05, 0.1) is 32.6 Å². The number of methoxy groups -OCH3 is 1. The number of ether oxygens (including phenoxy) is 2. The van der Waals surface area contributed by atoms with E-state index in [1.165, 1.54) is 0 Å². The molecule has 7 heteroatoms. The summed E-state index contributed by atoms with van der Waals surface area (Å²) < 4.78 is 11.2. The van der Waals surface area contributed by atoms with Crippen LogP contribution in [0.5, 0.6) is 5.75 Å². The predicted octanol–water partition coefficient (Wildman–Crippen LogP) is 3.49. The number of aliphatic hydroxyl groups is 1. The zero-order valence-electron chi connectivity index (χ0n) is 18.9. The van der Waals surface area contributed by atoms with E-state index in [-0.39, 0.29) is 13.1 Å². The first-order valence-corrected chi connectivity index (χ1v) is 10.7. The lowest BCUT2D eigenvalue weighted by Gasteiger charge is -2.29. The Bertz CT molecular complexity index is 1140. The number of benzene rings is 2. The van der Waals surface area contributed by atoms with Gasteiger partial charge in [0.15, 0.2) is 0 Å². The lowest BCUT2D eigenvalue weighted by molar-refractivity contribution is -0.122. The largest absolute Gasteiger partial charge is 0.494 e. The van der Waals surface area contributed by atoms with E-state index < -0.39 is 0 Å². The van der Waals surface area contributed by atoms with Gasteiger partial charge in [-0.1, -0.05) is 24.0 Å². The smallest absolute Gasteiger partial charge is 0.290 e. The summed E-state index contributed by atoms with van der Waals surface area (Å²) in [5.41, 5.74) is 6.05. The van der Waals surface area contributed by atoms with Gasteiger partial charge in [0.1, 0.15) is 11.3 Å². The van der Waals surface area contributed by atoms with Crippen LogP contribution in [0, 0.1) is 18.8 Å². The molecule has 0 amide bonds. The molecule has 0 bridgehead atoms. The summed E-state index contributed by atoms with van der Waals surface area (Å²) in [6.45, 7) is 5.21. The highest BCUT2D eigenvalue weighted by Crippen LogP contribution is 2.34. The summed E-state index contributed by atoms with van der Waals surface area (Å²) in [6.07, 6.45) is 0.486. The van der Waals surface area contributed by atoms with Crippen molar-refractivity contribution in [3.05, 3.63) is 53.6 Å². The van der Waals surface area contributed by atoms with Crippen LogP contribution in [-0.2, 0) is 9.53 Å². The molecule has 1 aliphatic heterocycles. The van der Waals surface area contributed by atoms with E-state index in [1.54, 1.807) is 7.11 Å². The minimum atomic E-state index is -0.250. The third-order valence-corrected chi connectivity index (χ3v) is 5.32. The molecule has 33 heavy (non-hydrogen) atoms. The van der Waals surface area contributed by atoms with Gasteiger partial charge >= 0.3 is 0 Å². The fourth-order valence-electron chi connectivity index (χ4n) is 3.70. The van der Waals surface area contributed by atoms with Crippen LogP contribution in [0.25, 0.3) is 22.2 Å². The van der Waals surface area contributed by atoms with Gasteiger partial charge in [0.25, 0.3) is 6.47 Å². The van der Waals surface area contributed by atoms with Gasteiger partial charge in [-0.05, 0) is 36.8 Å². The molecule has 0 radical (unpaired) electrons. The summed E-state index contributed by atoms with van der Waals surface area (Å²) in [6, 6.07) is 14.4. The summed E-state index contributed by atoms with van der Waals surface area (Å²) in [7, 11) is 1.70. The molecule has 0 aliphatic carbocycles. The number of hydrogen-bond donors (Lipinski definition) is 2. The number of aryl methyl sites for hydroxylation is 1. The number of aromatic nitrogens is 1. The number of hydrogen-bond acceptors (Lipinski definition) is 6. The molecule has 4 rings (SSSR count). The first-order valence-electron chi connectivity index (χ1n) is 10.7. The van der Waals surface area contributed by atoms with E-state index in [9.17, 15) is 0 Å². The van der Waals surface area contributed by atoms with Crippen molar-refractivity contribution in [2.45, 2.75) is 13.3 Å². The minimum Gasteiger partial charge on any atom is -0.494 e. The molecule has 1 saturated heterocycles. The third kappa shape index (κ3) is 6.01. The topological polar surface area (TPSA) is 92.1 Å². The fourth-order valence-corrected chi connectivity index (χ4v) is 3.70. The minimum absolute atomic E-state index is 0.0838. The number of pyridine rings is 1. The molecule has 7 nitrogen and oxygen atoms in total. The number of nitrogens with zero attached hydrogens (tertiary/aromatic N) is 2. The van der Waals surface area contributed by atoms with Crippen molar-refractivity contribution in [1.29, 1.82) is 0 Å². The average molecular weight is 449 g/mol. The molecule has 0 saturated carbocycles. The lowest BCUT2D eigenvalue weighted by atomic mass is 10.0. The van der Waals surface area contributed by atoms with Crippen LogP contribution in [0.2, 0.25) is 0 Å². The van der Waals surface area contributed by atoms with E-state index in [0.717, 1.165) is 71.0 Å². The fraction of sp³-hybridized carbons (Fsp3) is 0.308. The molecular formula is C26H28N2O5. The van der Waals surface area contributed by atoms with Crippen molar-refractivity contribution in [2.24, 2.45) is 0 Å². The Morgan fingerprint density at radius 3 is 2.52 bits per heavy atom. The monoisotopic (exact) mass is 448 g/mol. The van der Waals surface area contributed by atoms with Gasteiger partial charge in [0, 0.05) is 47.8 Å². The molecule has 2 aromatic carbocycles. The standard InChI is InChI=1S/C25H26N2O3.CH2O2/c1-18-15-23(20-8-6-19(7-9-20)5-3-4-12-28)26-25-22(18)16-21(17-24(25)29-2)27-10-13-30-14-11-27;2-1-3/h6-9,15-17,28H,4,10-14H2,1-2H3;1H,(H,2,3). The average Bonchev–Trinajstić information content (AvgIpc) is 2.85. The molecule has 1 aliphatic rings. The van der Waals surface area contributed by atoms with Crippen LogP contribution < -0.4 is 9.64 Å². The second kappa shape index (κ2) is 11.9. The number of fused-ring (bicyclic) bond motifs is 1. The van der Waals surface area contributed by atoms with E-state index in [2.05, 4.69) is 41.9 Å². The first-order chi connectivity index (χ1) is 16.1. The normalized spacial score (nSPS) is 12.9. The van der Waals surface area contributed by atoms with Crippen molar-refractivity contribution in [3.8, 4) is 28.8 Å². The zero-order valence-corrected chi connectivity index (χ0v) is 18.9. The van der Waals surface area contributed by atoms with E-state index in [0.29, 0.717) is 6.42 Å². The maximum Gasteiger partial charge on any atom is 0.290 e. The molecule has 172 valence electrons. The van der Waals surface area contributed by atoms with Crippen LogP contribution in [0.3, 0.4) is 0 Å². The van der Waals surface area contributed by atoms with Crippen LogP contribution in [-0.4, -0.2) is 61.7 Å². The highest BCUT2D eigenvalue weighted by molar-refractivity contribution is 5.92. The lowest BCUT2D eigenvalue weighted by Crippen LogP contribution is -2.36. The molecule has 1 aromatic heterocycles. The number of morpholine rings is 1. The van der Waals surface area contributed by atoms with Crippen molar-refractivity contribution < 1.29 is 24.5 Å². The van der Waals surface area contributed by atoms with Gasteiger partial charge in [0.2, 0.25) is 0 Å². The van der Waals surface area contributed by atoms with Crippen LogP contribution in [0.4, 0.5) is 5.69 Å². The number of anilines is 1. The Hall–Kier alpha value is -3.60. The SMILES string of the molecule is COc1cc(N2CCOCC2)cc2c(C)cc(-c3ccc(C#CCCO)cc3)nc12.O=CO. The van der Waals surface area contributed by atoms with Crippen LogP contribution in [0.1, 0.15) is 17.5 Å². The first kappa shape index (κ1) is 24.1. The van der Waals surface area contributed by atoms with Gasteiger partial charge in [-0.15, -0.1) is 0 Å². The van der Waals surface area contributed by atoms with E-state index in [1.807, 2.05) is 24.3 Å². The Morgan fingerprint density at radius 2 is 1.88 bits per heavy atom. The molecule has 0 unspecified atom stereocenters. The van der Waals surface area contributed by atoms with Crippen LogP contribution >= 0.6 is 0 Å². The molecule has 2 heterocycles. The zero-order chi connectivity index (χ0) is 23.6. The van der Waals surface area contributed by atoms with Crippen LogP contribution in [0.15, 0.2) is 42.5 Å². The van der Waals surface area contributed by atoms with E-state index in [4.69, 9.17) is 29.5 Å². The number of aliphatic hydroxyl groups excluding tert-OH is 1. The van der Waals surface area contributed by atoms with Gasteiger partial charge < -0.3 is 24.6 Å². The highest BCUT2D eigenvalue weighted by Gasteiger charge is 2.16. The molecule has 1 fully saturated rings. The van der Waals surface area contributed by atoms with Crippen molar-refractivity contribution in [1.82, 2.24) is 4.98 Å². The highest BCUT2D eigenvalue weighted by atomic mass is 16.5. The van der Waals surface area contributed by atoms with Gasteiger partial charge in [-0.3, -0.25) is 4.79 Å². The van der Waals surface area contributed by atoms with Gasteiger partial charge in [-0.25, -0.2) is 4.98 Å². The van der Waals surface area contributed by atoms with Gasteiger partial charge in [-0.2, -0.15) is 0 Å². The van der Waals surface area contributed by atoms with Crippen molar-refractivity contribution >= 4 is 23.1 Å². The number of carboxylic acid groups (broad SMARTS) is 1. The van der Waals surface area contributed by atoms with Crippen molar-refractivity contribution in [2.75, 3.05) is 44.9 Å². The summed E-state index contributed by atoms with van der Waals surface area (Å²) in [5.74, 6) is 6.79. The second-order valence-corrected chi connectivity index (χ2v) is 7.43. The van der Waals surface area contributed by atoms with Crippen molar-refractivity contribution in [3.63, 3.8) is 0 Å². The summed E-state index contributed by atoms with van der Waals surface area (Å²) in [5, 5.41) is 16.8. The molecular weight excluding hydrogens is 420 g/mol.